The Hall–Kier alpha value is -3.39. The van der Waals surface area contributed by atoms with Gasteiger partial charge in [0.1, 0.15) is 17.7 Å². The van der Waals surface area contributed by atoms with Gasteiger partial charge in [0.15, 0.2) is 0 Å². The Morgan fingerprint density at radius 1 is 1.00 bits per heavy atom. The summed E-state index contributed by atoms with van der Waals surface area (Å²) in [6.45, 7) is 19.0. The Balaban J connectivity index is 1.29. The number of carbonyl (C=O) groups is 4. The number of rotatable bonds is 12. The lowest BCUT2D eigenvalue weighted by Crippen LogP contribution is -2.59. The molecule has 0 spiro atoms. The first-order chi connectivity index (χ1) is 23.4. The van der Waals surface area contributed by atoms with E-state index in [1.54, 1.807) is 11.3 Å². The van der Waals surface area contributed by atoms with Gasteiger partial charge in [-0.1, -0.05) is 45.0 Å². The smallest absolute Gasteiger partial charge is 0.306 e. The molecule has 3 heterocycles. The maximum absolute atomic E-state index is 14.0. The predicted octanol–water partition coefficient (Wildman–Crippen LogP) is 3.53. The average molecular weight is 713 g/mol. The van der Waals surface area contributed by atoms with Crippen LogP contribution in [0.25, 0.3) is 10.4 Å². The number of likely N-dealkylation sites (tertiary alicyclic amines) is 1. The number of aryl methyl sites for hydroxylation is 1. The van der Waals surface area contributed by atoms with Crippen LogP contribution in [0.4, 0.5) is 0 Å². The molecule has 2 aliphatic rings. The molecule has 2 saturated heterocycles. The standard InChI is InChI=1S/C37H56N6O6S/c1-24(26-11-13-27(14-12-26)32-25(2)38-23-50-32)39-34(47)29-20-28(44)21-43(29)35(48)33(36(3,4)5)40-30(45)22-42-18-16-41(17-19-42)15-9-10-31(46)49-37(6,7)8/h11-14,23-24,28-29,33,44H,9-10,15-22H2,1-8H3,(H,39,47)(H,40,45)/t24-,28+,29-,33+/m0/s1. The first-order valence-corrected chi connectivity index (χ1v) is 18.5. The molecule has 0 aliphatic carbocycles. The van der Waals surface area contributed by atoms with Gasteiger partial charge in [0.05, 0.1) is 34.8 Å². The van der Waals surface area contributed by atoms with E-state index < -0.39 is 29.2 Å². The number of thiazole rings is 1. The number of carbonyl (C=O) groups excluding carboxylic acids is 4. The van der Waals surface area contributed by atoms with Crippen LogP contribution in [0, 0.1) is 12.3 Å². The van der Waals surface area contributed by atoms with Crippen LogP contribution in [-0.4, -0.2) is 118 Å². The van der Waals surface area contributed by atoms with Crippen molar-refractivity contribution in [1.82, 2.24) is 30.3 Å². The van der Waals surface area contributed by atoms with E-state index in [0.717, 1.165) is 47.8 Å². The highest BCUT2D eigenvalue weighted by Gasteiger charge is 2.44. The maximum atomic E-state index is 14.0. The fourth-order valence-electron chi connectivity index (χ4n) is 6.44. The number of esters is 1. The molecule has 2 aliphatic heterocycles. The summed E-state index contributed by atoms with van der Waals surface area (Å²) in [5, 5.41) is 16.6. The summed E-state index contributed by atoms with van der Waals surface area (Å²) in [5.74, 6) is -1.17. The van der Waals surface area contributed by atoms with Crippen LogP contribution in [-0.2, 0) is 23.9 Å². The fraction of sp³-hybridized carbons (Fsp3) is 0.649. The van der Waals surface area contributed by atoms with Gasteiger partial charge in [-0.15, -0.1) is 11.3 Å². The van der Waals surface area contributed by atoms with Gasteiger partial charge in [0, 0.05) is 45.6 Å². The molecule has 4 atom stereocenters. The summed E-state index contributed by atoms with van der Waals surface area (Å²) in [5.41, 5.74) is 3.65. The number of aliphatic hydroxyl groups excluding tert-OH is 1. The monoisotopic (exact) mass is 712 g/mol. The number of piperazine rings is 1. The van der Waals surface area contributed by atoms with Crippen molar-refractivity contribution in [3.8, 4) is 10.4 Å². The highest BCUT2D eigenvalue weighted by Crippen LogP contribution is 2.29. The lowest BCUT2D eigenvalue weighted by atomic mass is 9.85. The molecule has 2 fully saturated rings. The van der Waals surface area contributed by atoms with E-state index in [9.17, 15) is 24.3 Å². The van der Waals surface area contributed by atoms with Gasteiger partial charge in [-0.25, -0.2) is 4.98 Å². The number of benzene rings is 1. The SMILES string of the molecule is Cc1ncsc1-c1ccc([C@H](C)NC(=O)[C@@H]2C[C@@H](O)CN2C(=O)[C@@H](NC(=O)CN2CCN(CCCC(=O)OC(C)(C)C)CC2)C(C)(C)C)cc1. The number of hydrogen-bond donors (Lipinski definition) is 3. The fourth-order valence-corrected chi connectivity index (χ4v) is 7.25. The number of amides is 3. The van der Waals surface area contributed by atoms with E-state index in [4.69, 9.17) is 4.74 Å². The molecule has 3 amide bonds. The summed E-state index contributed by atoms with van der Waals surface area (Å²) < 4.78 is 5.39. The molecule has 1 aromatic carbocycles. The highest BCUT2D eigenvalue weighted by atomic mass is 32.1. The van der Waals surface area contributed by atoms with Crippen LogP contribution in [0.3, 0.4) is 0 Å². The molecule has 50 heavy (non-hydrogen) atoms. The normalized spacial score (nSPS) is 20.3. The van der Waals surface area contributed by atoms with Crippen molar-refractivity contribution in [2.24, 2.45) is 5.41 Å². The lowest BCUT2D eigenvalue weighted by molar-refractivity contribution is -0.155. The number of nitrogens with one attached hydrogen (secondary N) is 2. The zero-order valence-corrected chi connectivity index (χ0v) is 31.8. The molecule has 4 rings (SSSR count). The van der Waals surface area contributed by atoms with E-state index in [1.165, 1.54) is 4.90 Å². The van der Waals surface area contributed by atoms with Crippen LogP contribution in [0.2, 0.25) is 0 Å². The molecular weight excluding hydrogens is 657 g/mol. The second-order valence-corrected chi connectivity index (χ2v) is 16.5. The van der Waals surface area contributed by atoms with Crippen molar-refractivity contribution in [1.29, 1.82) is 0 Å². The summed E-state index contributed by atoms with van der Waals surface area (Å²) in [4.78, 5) is 64.2. The van der Waals surface area contributed by atoms with Crippen molar-refractivity contribution in [2.75, 3.05) is 45.8 Å². The third-order valence-corrected chi connectivity index (χ3v) is 10.1. The number of ether oxygens (including phenoxy) is 1. The minimum Gasteiger partial charge on any atom is -0.460 e. The molecule has 12 nitrogen and oxygen atoms in total. The van der Waals surface area contributed by atoms with E-state index in [2.05, 4.69) is 25.4 Å². The van der Waals surface area contributed by atoms with Gasteiger partial charge in [0.25, 0.3) is 0 Å². The summed E-state index contributed by atoms with van der Waals surface area (Å²) in [6, 6.07) is 5.91. The average Bonchev–Trinajstić information content (AvgIpc) is 3.64. The van der Waals surface area contributed by atoms with Gasteiger partial charge < -0.3 is 30.3 Å². The molecule has 0 unspecified atom stereocenters. The zero-order chi connectivity index (χ0) is 36.8. The van der Waals surface area contributed by atoms with Crippen molar-refractivity contribution in [3.05, 3.63) is 41.0 Å². The molecular formula is C37H56N6O6S. The van der Waals surface area contributed by atoms with E-state index >= 15 is 0 Å². The van der Waals surface area contributed by atoms with Crippen LogP contribution < -0.4 is 10.6 Å². The third-order valence-electron chi connectivity index (χ3n) is 9.17. The number of nitrogens with zero attached hydrogens (tertiary/aromatic N) is 4. The number of hydrogen-bond acceptors (Lipinski definition) is 10. The highest BCUT2D eigenvalue weighted by molar-refractivity contribution is 7.13. The quantitative estimate of drug-likeness (QED) is 0.282. The largest absolute Gasteiger partial charge is 0.460 e. The number of β-amino-alcohol motifs (C(OH)–C–C–N with tert-alkyl or cyclic N) is 1. The molecule has 276 valence electrons. The maximum Gasteiger partial charge on any atom is 0.306 e. The Labute approximate surface area is 300 Å². The zero-order valence-electron chi connectivity index (χ0n) is 31.0. The van der Waals surface area contributed by atoms with E-state index in [0.29, 0.717) is 19.5 Å². The van der Waals surface area contributed by atoms with Gasteiger partial charge in [-0.3, -0.25) is 24.1 Å². The second kappa shape index (κ2) is 16.8. The summed E-state index contributed by atoms with van der Waals surface area (Å²) >= 11 is 1.58. The Kier molecular flexibility index (Phi) is 13.2. The molecule has 13 heteroatoms. The molecule has 0 radical (unpaired) electrons. The van der Waals surface area contributed by atoms with E-state index in [1.807, 2.05) is 85.2 Å². The van der Waals surface area contributed by atoms with Crippen LogP contribution in [0.1, 0.15) is 85.0 Å². The molecule has 0 bridgehead atoms. The summed E-state index contributed by atoms with van der Waals surface area (Å²) in [7, 11) is 0. The van der Waals surface area contributed by atoms with Gasteiger partial charge in [-0.2, -0.15) is 0 Å². The summed E-state index contributed by atoms with van der Waals surface area (Å²) in [6.07, 6.45) is 0.374. The molecule has 1 aromatic heterocycles. The first-order valence-electron chi connectivity index (χ1n) is 17.7. The van der Waals surface area contributed by atoms with Crippen LogP contribution in [0.5, 0.6) is 0 Å². The minimum absolute atomic E-state index is 0.0204. The predicted molar refractivity (Wildman–Crippen MR) is 194 cm³/mol. The topological polar surface area (TPSA) is 144 Å². The first kappa shape index (κ1) is 39.4. The second-order valence-electron chi connectivity index (χ2n) is 15.7. The number of aromatic nitrogens is 1. The molecule has 3 N–H and O–H groups in total. The van der Waals surface area contributed by atoms with Crippen molar-refractivity contribution in [2.45, 2.75) is 104 Å². The number of aliphatic hydroxyl groups is 1. The Bertz CT molecular complexity index is 1470. The van der Waals surface area contributed by atoms with Gasteiger partial charge >= 0.3 is 5.97 Å². The Morgan fingerprint density at radius 3 is 2.22 bits per heavy atom. The van der Waals surface area contributed by atoms with Gasteiger partial charge in [-0.05, 0) is 64.1 Å². The molecule has 2 aromatic rings. The van der Waals surface area contributed by atoms with Crippen LogP contribution in [0.15, 0.2) is 29.8 Å². The van der Waals surface area contributed by atoms with Crippen LogP contribution >= 0.6 is 11.3 Å². The minimum atomic E-state index is -0.884. The lowest BCUT2D eigenvalue weighted by Gasteiger charge is -2.37. The van der Waals surface area contributed by atoms with Gasteiger partial charge in [0.2, 0.25) is 17.7 Å². The Morgan fingerprint density at radius 2 is 1.64 bits per heavy atom. The van der Waals surface area contributed by atoms with Crippen molar-refractivity contribution in [3.63, 3.8) is 0 Å². The van der Waals surface area contributed by atoms with Crippen molar-refractivity contribution >= 4 is 35.0 Å². The third kappa shape index (κ3) is 11.1. The van der Waals surface area contributed by atoms with Crippen molar-refractivity contribution < 1.29 is 29.0 Å². The molecule has 0 saturated carbocycles. The van der Waals surface area contributed by atoms with E-state index in [-0.39, 0.29) is 49.2 Å².